The number of hydrogen-bond acceptors (Lipinski definition) is 6. The first kappa shape index (κ1) is 22.6. The Morgan fingerprint density at radius 3 is 2.24 bits per heavy atom. The van der Waals surface area contributed by atoms with Gasteiger partial charge in [-0.1, -0.05) is 12.1 Å². The molecule has 0 radical (unpaired) electrons. The van der Waals surface area contributed by atoms with Gasteiger partial charge in [0.15, 0.2) is 0 Å². The van der Waals surface area contributed by atoms with Crippen LogP contribution in [-0.2, 0) is 15.8 Å². The standard InChI is InChI=1S/C21H18F4N4O4/c22-14-3-1-2-4-15(14)28-19(30)12-18(20(28)31)27-9-7-26(8-10-27)16-6-5-13(21(23,24)25)11-17(16)29(32)33/h1-6,11,18H,7-10,12H2/t18-/m1/s1. The fourth-order valence-corrected chi connectivity index (χ4v) is 4.18. The van der Waals surface area contributed by atoms with Gasteiger partial charge in [0.1, 0.15) is 11.5 Å². The first-order valence-corrected chi connectivity index (χ1v) is 10.0. The number of rotatable bonds is 4. The zero-order chi connectivity index (χ0) is 23.9. The Balaban J connectivity index is 1.49. The number of nitrogens with zero attached hydrogens (tertiary/aromatic N) is 4. The Morgan fingerprint density at radius 2 is 1.64 bits per heavy atom. The van der Waals surface area contributed by atoms with Crippen molar-refractivity contribution in [2.75, 3.05) is 36.0 Å². The van der Waals surface area contributed by atoms with Gasteiger partial charge in [-0.2, -0.15) is 13.2 Å². The lowest BCUT2D eigenvalue weighted by Crippen LogP contribution is -2.52. The average Bonchev–Trinajstić information content (AvgIpc) is 3.07. The molecule has 0 saturated carbocycles. The zero-order valence-corrected chi connectivity index (χ0v) is 17.1. The van der Waals surface area contributed by atoms with Crippen LogP contribution in [0.15, 0.2) is 42.5 Å². The molecule has 2 aliphatic rings. The fourth-order valence-electron chi connectivity index (χ4n) is 4.18. The van der Waals surface area contributed by atoms with Gasteiger partial charge in [-0.15, -0.1) is 0 Å². The molecular formula is C21H18F4N4O4. The summed E-state index contributed by atoms with van der Waals surface area (Å²) in [5, 5.41) is 11.4. The fraction of sp³-hybridized carbons (Fsp3) is 0.333. The topological polar surface area (TPSA) is 87.0 Å². The van der Waals surface area contributed by atoms with Crippen molar-refractivity contribution < 1.29 is 32.1 Å². The minimum absolute atomic E-state index is 0.0504. The zero-order valence-electron chi connectivity index (χ0n) is 17.1. The van der Waals surface area contributed by atoms with Crippen LogP contribution in [0.3, 0.4) is 0 Å². The Hall–Kier alpha value is -3.54. The van der Waals surface area contributed by atoms with E-state index in [-0.39, 0.29) is 44.0 Å². The van der Waals surface area contributed by atoms with Gasteiger partial charge in [0.05, 0.1) is 28.6 Å². The molecule has 0 aliphatic carbocycles. The molecule has 1 atom stereocenters. The number of imide groups is 1. The number of nitro groups is 1. The van der Waals surface area contributed by atoms with E-state index in [1.165, 1.54) is 18.2 Å². The molecule has 8 nitrogen and oxygen atoms in total. The molecule has 33 heavy (non-hydrogen) atoms. The van der Waals surface area contributed by atoms with E-state index in [4.69, 9.17) is 0 Å². The predicted molar refractivity (Wildman–Crippen MR) is 109 cm³/mol. The van der Waals surface area contributed by atoms with Crippen molar-refractivity contribution in [2.45, 2.75) is 18.6 Å². The summed E-state index contributed by atoms with van der Waals surface area (Å²) in [6.45, 7) is 0.883. The molecule has 0 N–H and O–H groups in total. The molecule has 2 saturated heterocycles. The smallest absolute Gasteiger partial charge is 0.363 e. The molecule has 2 aliphatic heterocycles. The van der Waals surface area contributed by atoms with Gasteiger partial charge in [0, 0.05) is 32.2 Å². The first-order valence-electron chi connectivity index (χ1n) is 10.0. The van der Waals surface area contributed by atoms with Crippen LogP contribution in [0.4, 0.5) is 34.6 Å². The highest BCUT2D eigenvalue weighted by Gasteiger charge is 2.44. The molecule has 2 heterocycles. The first-order chi connectivity index (χ1) is 15.6. The minimum atomic E-state index is -4.71. The molecule has 2 aromatic carbocycles. The lowest BCUT2D eigenvalue weighted by atomic mass is 10.1. The monoisotopic (exact) mass is 466 g/mol. The van der Waals surface area contributed by atoms with Crippen molar-refractivity contribution in [1.82, 2.24) is 4.90 Å². The van der Waals surface area contributed by atoms with Gasteiger partial charge in [-0.05, 0) is 24.3 Å². The van der Waals surface area contributed by atoms with E-state index < -0.39 is 46.0 Å². The summed E-state index contributed by atoms with van der Waals surface area (Å²) in [4.78, 5) is 40.0. The van der Waals surface area contributed by atoms with Gasteiger partial charge in [-0.25, -0.2) is 9.29 Å². The van der Waals surface area contributed by atoms with E-state index in [1.54, 1.807) is 9.80 Å². The molecule has 2 fully saturated rings. The van der Waals surface area contributed by atoms with Crippen molar-refractivity contribution in [1.29, 1.82) is 0 Å². The summed E-state index contributed by atoms with van der Waals surface area (Å²) in [5.41, 5.74) is -1.83. The van der Waals surface area contributed by atoms with Gasteiger partial charge < -0.3 is 4.90 Å². The molecule has 4 rings (SSSR count). The second-order valence-electron chi connectivity index (χ2n) is 7.72. The summed E-state index contributed by atoms with van der Waals surface area (Å²) in [7, 11) is 0. The van der Waals surface area contributed by atoms with Gasteiger partial charge >= 0.3 is 6.18 Å². The Morgan fingerprint density at radius 1 is 0.970 bits per heavy atom. The van der Waals surface area contributed by atoms with Crippen molar-refractivity contribution >= 4 is 28.9 Å². The molecular weight excluding hydrogens is 448 g/mol. The molecule has 0 aromatic heterocycles. The quantitative estimate of drug-likeness (QED) is 0.298. The van der Waals surface area contributed by atoms with E-state index in [1.807, 2.05) is 0 Å². The van der Waals surface area contributed by atoms with Crippen molar-refractivity contribution in [3.05, 3.63) is 64.0 Å². The number of piperazine rings is 1. The molecule has 0 bridgehead atoms. The largest absolute Gasteiger partial charge is 0.416 e. The number of anilines is 2. The number of hydrogen-bond donors (Lipinski definition) is 0. The van der Waals surface area contributed by atoms with E-state index in [9.17, 15) is 37.3 Å². The van der Waals surface area contributed by atoms with Crippen LogP contribution < -0.4 is 9.80 Å². The lowest BCUT2D eigenvalue weighted by Gasteiger charge is -2.37. The maximum absolute atomic E-state index is 14.1. The van der Waals surface area contributed by atoms with Crippen LogP contribution in [-0.4, -0.2) is 53.9 Å². The molecule has 2 amide bonds. The maximum Gasteiger partial charge on any atom is 0.416 e. The van der Waals surface area contributed by atoms with E-state index in [2.05, 4.69) is 0 Å². The summed E-state index contributed by atoms with van der Waals surface area (Å²) in [6.07, 6.45) is -4.84. The number of carbonyl (C=O) groups is 2. The van der Waals surface area contributed by atoms with Gasteiger partial charge in [0.2, 0.25) is 5.91 Å². The SMILES string of the molecule is O=C1C[C@@H](N2CCN(c3ccc(C(F)(F)F)cc3[N+](=O)[O-])CC2)C(=O)N1c1ccccc1F. The summed E-state index contributed by atoms with van der Waals surface area (Å²) >= 11 is 0. The highest BCUT2D eigenvalue weighted by atomic mass is 19.4. The normalized spacial score (nSPS) is 19.9. The number of benzene rings is 2. The third kappa shape index (κ3) is 4.25. The Labute approximate surface area is 185 Å². The molecule has 2 aromatic rings. The van der Waals surface area contributed by atoms with Crippen LogP contribution >= 0.6 is 0 Å². The molecule has 0 spiro atoms. The van der Waals surface area contributed by atoms with Crippen LogP contribution in [0.2, 0.25) is 0 Å². The summed E-state index contributed by atoms with van der Waals surface area (Å²) in [5.74, 6) is -1.78. The predicted octanol–water partition coefficient (Wildman–Crippen LogP) is 3.21. The highest BCUT2D eigenvalue weighted by molar-refractivity contribution is 6.22. The second kappa shape index (κ2) is 8.43. The summed E-state index contributed by atoms with van der Waals surface area (Å²) in [6, 6.07) is 7.02. The third-order valence-corrected chi connectivity index (χ3v) is 5.81. The molecule has 12 heteroatoms. The van der Waals surface area contributed by atoms with E-state index in [0.717, 1.165) is 23.1 Å². The van der Waals surface area contributed by atoms with Crippen molar-refractivity contribution in [3.8, 4) is 0 Å². The van der Waals surface area contributed by atoms with Crippen molar-refractivity contribution in [3.63, 3.8) is 0 Å². The van der Waals surface area contributed by atoms with Crippen LogP contribution in [0.5, 0.6) is 0 Å². The minimum Gasteiger partial charge on any atom is -0.363 e. The maximum atomic E-state index is 14.1. The van der Waals surface area contributed by atoms with Gasteiger partial charge in [0.25, 0.3) is 11.6 Å². The second-order valence-corrected chi connectivity index (χ2v) is 7.72. The number of amides is 2. The van der Waals surface area contributed by atoms with Crippen LogP contribution in [0, 0.1) is 15.9 Å². The highest BCUT2D eigenvalue weighted by Crippen LogP contribution is 2.37. The Bertz CT molecular complexity index is 1120. The average molecular weight is 466 g/mol. The number of carbonyl (C=O) groups excluding carboxylic acids is 2. The summed E-state index contributed by atoms with van der Waals surface area (Å²) < 4.78 is 53.0. The number of nitro benzene ring substituents is 1. The number of alkyl halides is 3. The lowest BCUT2D eigenvalue weighted by molar-refractivity contribution is -0.384. The molecule has 174 valence electrons. The number of halogens is 4. The van der Waals surface area contributed by atoms with E-state index in [0.29, 0.717) is 6.07 Å². The van der Waals surface area contributed by atoms with E-state index >= 15 is 0 Å². The van der Waals surface area contributed by atoms with Crippen LogP contribution in [0.1, 0.15) is 12.0 Å². The van der Waals surface area contributed by atoms with Crippen LogP contribution in [0.25, 0.3) is 0 Å². The van der Waals surface area contributed by atoms with Crippen molar-refractivity contribution in [2.24, 2.45) is 0 Å². The Kier molecular flexibility index (Phi) is 5.78. The van der Waals surface area contributed by atoms with Gasteiger partial charge in [-0.3, -0.25) is 24.6 Å². The third-order valence-electron chi connectivity index (χ3n) is 5.81. The molecule has 0 unspecified atom stereocenters. The number of para-hydroxylation sites is 1.